The Morgan fingerprint density at radius 2 is 1.76 bits per heavy atom. The summed E-state index contributed by atoms with van der Waals surface area (Å²) in [5.41, 5.74) is 6.81. The third kappa shape index (κ3) is 2.96. The van der Waals surface area contributed by atoms with Crippen LogP contribution in [0.5, 0.6) is 23.1 Å². The fourth-order valence-corrected chi connectivity index (χ4v) is 3.27. The number of hydrogen-bond acceptors (Lipinski definition) is 6. The Kier molecular flexibility index (Phi) is 4.42. The quantitative estimate of drug-likeness (QED) is 0.563. The summed E-state index contributed by atoms with van der Waals surface area (Å²) in [5, 5.41) is 0.743. The number of benzene rings is 2. The number of halogens is 1. The third-order valence-corrected chi connectivity index (χ3v) is 4.60. The lowest BCUT2D eigenvalue weighted by Crippen LogP contribution is -2.20. The lowest BCUT2D eigenvalue weighted by molar-refractivity contribution is 0.251. The lowest BCUT2D eigenvalue weighted by Gasteiger charge is -2.12. The van der Waals surface area contributed by atoms with Gasteiger partial charge in [0.2, 0.25) is 5.88 Å². The van der Waals surface area contributed by atoms with Gasteiger partial charge in [-0.2, -0.15) is 0 Å². The van der Waals surface area contributed by atoms with Crippen molar-refractivity contribution in [2.45, 2.75) is 6.92 Å². The van der Waals surface area contributed by atoms with Crippen LogP contribution < -0.4 is 19.9 Å². The van der Waals surface area contributed by atoms with Crippen molar-refractivity contribution in [1.82, 2.24) is 14.5 Å². The minimum Gasteiger partial charge on any atom is -0.493 e. The molecule has 0 aliphatic heterocycles. The molecule has 4 aromatic rings. The van der Waals surface area contributed by atoms with Crippen molar-refractivity contribution in [3.63, 3.8) is 0 Å². The van der Waals surface area contributed by atoms with Gasteiger partial charge in [-0.3, -0.25) is 4.57 Å². The molecule has 0 saturated carbocycles. The van der Waals surface area contributed by atoms with Crippen molar-refractivity contribution >= 4 is 27.8 Å². The van der Waals surface area contributed by atoms with E-state index < -0.39 is 11.8 Å². The number of rotatable bonds is 4. The van der Waals surface area contributed by atoms with Crippen LogP contribution in [0.15, 0.2) is 36.7 Å². The molecule has 8 nitrogen and oxygen atoms in total. The van der Waals surface area contributed by atoms with E-state index in [0.717, 1.165) is 0 Å². The Bertz CT molecular complexity index is 1270. The van der Waals surface area contributed by atoms with E-state index >= 15 is 4.39 Å². The number of methoxy groups -OCH3 is 2. The standard InChI is InChI=1S/C20H17FN4O4/c1-10-6-12-14(25(10)20(22)26)4-5-15(18(12)21)29-19-11-7-16(27-2)17(28-3)8-13(11)23-9-24-19/h4-9H,1-3H3,(H2,22,26). The number of primary amides is 1. The van der Waals surface area contributed by atoms with Crippen molar-refractivity contribution < 1.29 is 23.4 Å². The Hall–Kier alpha value is -3.88. The van der Waals surface area contributed by atoms with E-state index in [0.29, 0.717) is 33.6 Å². The fraction of sp³-hybridized carbons (Fsp3) is 0.150. The first-order chi connectivity index (χ1) is 13.9. The normalized spacial score (nSPS) is 11.0. The van der Waals surface area contributed by atoms with E-state index in [1.807, 2.05) is 0 Å². The summed E-state index contributed by atoms with van der Waals surface area (Å²) < 4.78 is 32.7. The van der Waals surface area contributed by atoms with Gasteiger partial charge in [0.05, 0.1) is 30.6 Å². The number of carbonyl (C=O) groups excluding carboxylic acids is 1. The first-order valence-electron chi connectivity index (χ1n) is 8.59. The molecule has 0 atom stereocenters. The smallest absolute Gasteiger partial charge is 0.323 e. The summed E-state index contributed by atoms with van der Waals surface area (Å²) in [6, 6.07) is 7.18. The zero-order chi connectivity index (χ0) is 20.7. The molecule has 0 radical (unpaired) electrons. The minimum atomic E-state index is -0.687. The van der Waals surface area contributed by atoms with Crippen LogP contribution in [-0.2, 0) is 0 Å². The van der Waals surface area contributed by atoms with Gasteiger partial charge in [-0.1, -0.05) is 0 Å². The zero-order valence-electron chi connectivity index (χ0n) is 15.9. The Labute approximate surface area is 164 Å². The number of aromatic nitrogens is 3. The van der Waals surface area contributed by atoms with Gasteiger partial charge in [0.15, 0.2) is 23.1 Å². The van der Waals surface area contributed by atoms with Crippen molar-refractivity contribution in [2.24, 2.45) is 5.73 Å². The van der Waals surface area contributed by atoms with Crippen molar-refractivity contribution in [3.8, 4) is 23.1 Å². The molecule has 2 aromatic carbocycles. The van der Waals surface area contributed by atoms with Gasteiger partial charge >= 0.3 is 6.03 Å². The second kappa shape index (κ2) is 6.93. The van der Waals surface area contributed by atoms with Crippen molar-refractivity contribution in [2.75, 3.05) is 14.2 Å². The van der Waals surface area contributed by atoms with Gasteiger partial charge in [-0.05, 0) is 31.2 Å². The maximum atomic E-state index is 15.1. The molecule has 2 N–H and O–H groups in total. The topological polar surface area (TPSA) is 101 Å². The molecule has 1 amide bonds. The van der Waals surface area contributed by atoms with E-state index in [2.05, 4.69) is 9.97 Å². The van der Waals surface area contributed by atoms with Crippen LogP contribution in [0.2, 0.25) is 0 Å². The number of fused-ring (bicyclic) bond motifs is 2. The molecule has 0 saturated heterocycles. The van der Waals surface area contributed by atoms with Gasteiger partial charge < -0.3 is 19.9 Å². The summed E-state index contributed by atoms with van der Waals surface area (Å²) in [6.07, 6.45) is 1.31. The van der Waals surface area contributed by atoms with Gasteiger partial charge in [-0.15, -0.1) is 0 Å². The fourth-order valence-electron chi connectivity index (χ4n) is 3.27. The molecular weight excluding hydrogens is 379 g/mol. The van der Waals surface area contributed by atoms with Gasteiger partial charge in [0, 0.05) is 17.1 Å². The lowest BCUT2D eigenvalue weighted by atomic mass is 10.2. The molecule has 2 aromatic heterocycles. The third-order valence-electron chi connectivity index (χ3n) is 4.60. The highest BCUT2D eigenvalue weighted by atomic mass is 19.1. The predicted molar refractivity (Wildman–Crippen MR) is 104 cm³/mol. The minimum absolute atomic E-state index is 0.0473. The van der Waals surface area contributed by atoms with Gasteiger partial charge in [-0.25, -0.2) is 19.2 Å². The molecule has 0 fully saturated rings. The van der Waals surface area contributed by atoms with Crippen LogP contribution in [0.25, 0.3) is 21.8 Å². The van der Waals surface area contributed by atoms with Crippen LogP contribution in [-0.4, -0.2) is 34.8 Å². The molecule has 0 aliphatic rings. The highest BCUT2D eigenvalue weighted by Gasteiger charge is 2.18. The number of carbonyl (C=O) groups is 1. The Morgan fingerprint density at radius 3 is 2.45 bits per heavy atom. The molecule has 0 spiro atoms. The number of ether oxygens (including phenoxy) is 3. The van der Waals surface area contributed by atoms with Crippen molar-refractivity contribution in [3.05, 3.63) is 48.2 Å². The van der Waals surface area contributed by atoms with Gasteiger partial charge in [0.25, 0.3) is 0 Å². The summed E-state index contributed by atoms with van der Waals surface area (Å²) >= 11 is 0. The summed E-state index contributed by atoms with van der Waals surface area (Å²) in [7, 11) is 3.03. The number of hydrogen-bond donors (Lipinski definition) is 1. The van der Waals surface area contributed by atoms with Crippen molar-refractivity contribution in [1.29, 1.82) is 0 Å². The van der Waals surface area contributed by atoms with Crippen LogP contribution in [0, 0.1) is 12.7 Å². The van der Waals surface area contributed by atoms with E-state index in [4.69, 9.17) is 19.9 Å². The maximum absolute atomic E-state index is 15.1. The number of nitrogens with zero attached hydrogens (tertiary/aromatic N) is 3. The average Bonchev–Trinajstić information content (AvgIpc) is 3.06. The summed E-state index contributed by atoms with van der Waals surface area (Å²) in [4.78, 5) is 20.0. The first-order valence-corrected chi connectivity index (χ1v) is 8.59. The molecule has 9 heteroatoms. The van der Waals surface area contributed by atoms with Crippen LogP contribution in [0.4, 0.5) is 9.18 Å². The number of nitrogens with two attached hydrogens (primary N) is 1. The summed E-state index contributed by atoms with van der Waals surface area (Å²) in [5.74, 6) is 0.442. The molecule has 4 rings (SSSR count). The second-order valence-electron chi connectivity index (χ2n) is 6.28. The first kappa shape index (κ1) is 18.5. The number of amides is 1. The van der Waals surface area contributed by atoms with Crippen LogP contribution >= 0.6 is 0 Å². The Morgan fingerprint density at radius 1 is 1.03 bits per heavy atom. The molecular formula is C20H17FN4O4. The van der Waals surface area contributed by atoms with E-state index in [-0.39, 0.29) is 17.0 Å². The highest BCUT2D eigenvalue weighted by molar-refractivity contribution is 5.93. The zero-order valence-corrected chi connectivity index (χ0v) is 15.9. The number of aryl methyl sites for hydroxylation is 1. The molecule has 2 heterocycles. The molecule has 148 valence electrons. The molecule has 29 heavy (non-hydrogen) atoms. The maximum Gasteiger partial charge on any atom is 0.323 e. The molecule has 0 unspecified atom stereocenters. The molecule has 0 bridgehead atoms. The van der Waals surface area contributed by atoms with Gasteiger partial charge in [0.1, 0.15) is 6.33 Å². The monoisotopic (exact) mass is 396 g/mol. The van der Waals surface area contributed by atoms with Crippen LogP contribution in [0.1, 0.15) is 5.69 Å². The largest absolute Gasteiger partial charge is 0.493 e. The van der Waals surface area contributed by atoms with E-state index in [1.165, 1.54) is 37.2 Å². The predicted octanol–water partition coefficient (Wildman–Crippen LogP) is 3.77. The highest BCUT2D eigenvalue weighted by Crippen LogP contribution is 2.37. The summed E-state index contributed by atoms with van der Waals surface area (Å²) in [6.45, 7) is 1.67. The second-order valence-corrected chi connectivity index (χ2v) is 6.28. The van der Waals surface area contributed by atoms with E-state index in [1.54, 1.807) is 25.1 Å². The van der Waals surface area contributed by atoms with E-state index in [9.17, 15) is 4.79 Å². The average molecular weight is 396 g/mol. The SMILES string of the molecule is COc1cc2ncnc(Oc3ccc4c(cc(C)n4C(N)=O)c3F)c2cc1OC. The van der Waals surface area contributed by atoms with Crippen LogP contribution in [0.3, 0.4) is 0 Å². The molecule has 0 aliphatic carbocycles. The Balaban J connectivity index is 1.84.